The summed E-state index contributed by atoms with van der Waals surface area (Å²) < 4.78 is 0. The highest BCUT2D eigenvalue weighted by Crippen LogP contribution is 2.02. The molecular formula is C14H16N2O. The van der Waals surface area contributed by atoms with Crippen LogP contribution >= 0.6 is 0 Å². The molecule has 1 aliphatic rings. The van der Waals surface area contributed by atoms with E-state index in [4.69, 9.17) is 0 Å². The largest absolute Gasteiger partial charge is 0.327 e. The van der Waals surface area contributed by atoms with Gasteiger partial charge in [-0.15, -0.1) is 0 Å². The lowest BCUT2D eigenvalue weighted by Crippen LogP contribution is -2.51. The molecule has 0 aromatic heterocycles. The second-order valence-electron chi connectivity index (χ2n) is 4.17. The van der Waals surface area contributed by atoms with Gasteiger partial charge in [0.25, 0.3) is 5.91 Å². The first-order valence-electron chi connectivity index (χ1n) is 5.86. The molecule has 1 atom stereocenters. The molecule has 3 nitrogen and oxygen atoms in total. The van der Waals surface area contributed by atoms with Crippen LogP contribution < -0.4 is 5.32 Å². The monoisotopic (exact) mass is 228 g/mol. The van der Waals surface area contributed by atoms with Crippen LogP contribution in [0.15, 0.2) is 30.3 Å². The molecule has 0 saturated carbocycles. The molecular weight excluding hydrogens is 212 g/mol. The summed E-state index contributed by atoms with van der Waals surface area (Å²) in [6.45, 7) is 4.47. The molecule has 0 aliphatic carbocycles. The van der Waals surface area contributed by atoms with Gasteiger partial charge in [-0.05, 0) is 19.1 Å². The third kappa shape index (κ3) is 3.08. The molecule has 2 rings (SSSR count). The van der Waals surface area contributed by atoms with E-state index in [-0.39, 0.29) is 11.9 Å². The molecule has 0 spiro atoms. The van der Waals surface area contributed by atoms with Crippen LogP contribution in [-0.4, -0.2) is 36.5 Å². The number of carbonyl (C=O) groups is 1. The number of hydrogen-bond donors (Lipinski definition) is 1. The van der Waals surface area contributed by atoms with Crippen LogP contribution in [0.25, 0.3) is 0 Å². The quantitative estimate of drug-likeness (QED) is 0.668. The third-order valence-corrected chi connectivity index (χ3v) is 2.85. The second kappa shape index (κ2) is 5.51. The van der Waals surface area contributed by atoms with E-state index in [2.05, 4.69) is 17.2 Å². The molecule has 3 heteroatoms. The first-order chi connectivity index (χ1) is 8.27. The van der Waals surface area contributed by atoms with Crippen LogP contribution in [0.2, 0.25) is 0 Å². The fourth-order valence-corrected chi connectivity index (χ4v) is 1.86. The van der Waals surface area contributed by atoms with Crippen molar-refractivity contribution in [3.05, 3.63) is 35.9 Å². The van der Waals surface area contributed by atoms with E-state index in [1.54, 1.807) is 0 Å². The molecule has 1 aromatic rings. The zero-order valence-electron chi connectivity index (χ0n) is 9.94. The van der Waals surface area contributed by atoms with Gasteiger partial charge >= 0.3 is 0 Å². The van der Waals surface area contributed by atoms with Crippen molar-refractivity contribution < 1.29 is 4.79 Å². The van der Waals surface area contributed by atoms with E-state index >= 15 is 0 Å². The highest BCUT2D eigenvalue weighted by molar-refractivity contribution is 5.94. The minimum absolute atomic E-state index is 0.0807. The number of nitrogens with zero attached hydrogens (tertiary/aromatic N) is 1. The Morgan fingerprint density at radius 1 is 1.41 bits per heavy atom. The van der Waals surface area contributed by atoms with Crippen LogP contribution in [0, 0.1) is 11.8 Å². The van der Waals surface area contributed by atoms with Gasteiger partial charge in [0, 0.05) is 37.2 Å². The fraction of sp³-hybridized carbons (Fsp3) is 0.357. The molecule has 0 radical (unpaired) electrons. The predicted molar refractivity (Wildman–Crippen MR) is 67.4 cm³/mol. The number of hydrogen-bond acceptors (Lipinski definition) is 2. The maximum atomic E-state index is 11.9. The maximum absolute atomic E-state index is 11.9. The van der Waals surface area contributed by atoms with Crippen molar-refractivity contribution in [3.63, 3.8) is 0 Å². The van der Waals surface area contributed by atoms with Crippen LogP contribution in [0.4, 0.5) is 0 Å². The Hall–Kier alpha value is -1.79. The number of rotatable bonds is 0. The Morgan fingerprint density at radius 3 is 2.88 bits per heavy atom. The van der Waals surface area contributed by atoms with Crippen LogP contribution in [-0.2, 0) is 4.79 Å². The van der Waals surface area contributed by atoms with Crippen molar-refractivity contribution in [2.45, 2.75) is 13.0 Å². The summed E-state index contributed by atoms with van der Waals surface area (Å²) in [5.74, 6) is 5.53. The van der Waals surface area contributed by atoms with Crippen LogP contribution in [0.5, 0.6) is 0 Å². The molecule has 1 amide bonds. The number of benzene rings is 1. The molecule has 1 unspecified atom stereocenters. The Kier molecular flexibility index (Phi) is 3.79. The second-order valence-corrected chi connectivity index (χ2v) is 4.17. The Labute approximate surface area is 102 Å². The van der Waals surface area contributed by atoms with Gasteiger partial charge in [0.05, 0.1) is 0 Å². The Bertz CT molecular complexity index is 444. The molecule has 1 N–H and O–H groups in total. The Morgan fingerprint density at radius 2 is 2.18 bits per heavy atom. The summed E-state index contributed by atoms with van der Waals surface area (Å²) in [5.41, 5.74) is 0.878. The van der Waals surface area contributed by atoms with Gasteiger partial charge in [0.1, 0.15) is 0 Å². The van der Waals surface area contributed by atoms with Crippen molar-refractivity contribution in [3.8, 4) is 11.8 Å². The summed E-state index contributed by atoms with van der Waals surface area (Å²) in [5, 5.41) is 3.25. The number of nitrogens with one attached hydrogen (secondary N) is 1. The van der Waals surface area contributed by atoms with Gasteiger partial charge in [-0.3, -0.25) is 4.79 Å². The lowest BCUT2D eigenvalue weighted by Gasteiger charge is -2.32. The zero-order valence-corrected chi connectivity index (χ0v) is 9.94. The van der Waals surface area contributed by atoms with E-state index in [1.807, 2.05) is 42.2 Å². The zero-order chi connectivity index (χ0) is 12.1. The van der Waals surface area contributed by atoms with Crippen molar-refractivity contribution in [1.82, 2.24) is 10.2 Å². The van der Waals surface area contributed by atoms with Crippen molar-refractivity contribution >= 4 is 5.91 Å². The number of piperazine rings is 1. The van der Waals surface area contributed by atoms with Crippen LogP contribution in [0.1, 0.15) is 12.5 Å². The third-order valence-electron chi connectivity index (χ3n) is 2.85. The van der Waals surface area contributed by atoms with Gasteiger partial charge in [-0.25, -0.2) is 0 Å². The van der Waals surface area contributed by atoms with E-state index in [1.165, 1.54) is 0 Å². The first-order valence-corrected chi connectivity index (χ1v) is 5.86. The van der Waals surface area contributed by atoms with Gasteiger partial charge in [-0.2, -0.15) is 0 Å². The van der Waals surface area contributed by atoms with E-state index in [0.29, 0.717) is 0 Å². The summed E-state index contributed by atoms with van der Waals surface area (Å²) in [7, 11) is 0. The molecule has 1 fully saturated rings. The van der Waals surface area contributed by atoms with Gasteiger partial charge < -0.3 is 10.2 Å². The maximum Gasteiger partial charge on any atom is 0.299 e. The molecule has 1 aromatic carbocycles. The standard InChI is InChI=1S/C14H16N2O/c1-12-11-15-9-10-16(12)14(17)8-7-13-5-3-2-4-6-13/h2-6,12,15H,9-11H2,1H3. The lowest BCUT2D eigenvalue weighted by atomic mass is 10.2. The summed E-state index contributed by atoms with van der Waals surface area (Å²) in [4.78, 5) is 13.7. The average molecular weight is 228 g/mol. The molecule has 1 aliphatic heterocycles. The van der Waals surface area contributed by atoms with Gasteiger partial charge in [-0.1, -0.05) is 24.1 Å². The SMILES string of the molecule is CC1CNCCN1C(=O)C#Cc1ccccc1. The van der Waals surface area contributed by atoms with Gasteiger partial charge in [0.2, 0.25) is 0 Å². The molecule has 88 valence electrons. The summed E-state index contributed by atoms with van der Waals surface area (Å²) in [6, 6.07) is 9.80. The molecule has 0 bridgehead atoms. The van der Waals surface area contributed by atoms with Crippen molar-refractivity contribution in [2.24, 2.45) is 0 Å². The van der Waals surface area contributed by atoms with Crippen molar-refractivity contribution in [1.29, 1.82) is 0 Å². The molecule has 1 saturated heterocycles. The first kappa shape index (κ1) is 11.7. The normalized spacial score (nSPS) is 19.4. The van der Waals surface area contributed by atoms with E-state index in [9.17, 15) is 4.79 Å². The summed E-state index contributed by atoms with van der Waals surface area (Å²) >= 11 is 0. The Balaban J connectivity index is 2.04. The van der Waals surface area contributed by atoms with E-state index in [0.717, 1.165) is 25.2 Å². The molecule has 1 heterocycles. The van der Waals surface area contributed by atoms with Gasteiger partial charge in [0.15, 0.2) is 0 Å². The van der Waals surface area contributed by atoms with Crippen molar-refractivity contribution in [2.75, 3.05) is 19.6 Å². The minimum Gasteiger partial charge on any atom is -0.327 e. The smallest absolute Gasteiger partial charge is 0.299 e. The topological polar surface area (TPSA) is 32.3 Å². The predicted octanol–water partition coefficient (Wildman–Crippen LogP) is 0.858. The number of carbonyl (C=O) groups excluding carboxylic acids is 1. The highest BCUT2D eigenvalue weighted by atomic mass is 16.2. The minimum atomic E-state index is -0.0807. The average Bonchev–Trinajstić information content (AvgIpc) is 2.38. The highest BCUT2D eigenvalue weighted by Gasteiger charge is 2.21. The summed E-state index contributed by atoms with van der Waals surface area (Å²) in [6.07, 6.45) is 0. The lowest BCUT2D eigenvalue weighted by molar-refractivity contribution is -0.127. The van der Waals surface area contributed by atoms with Crippen LogP contribution in [0.3, 0.4) is 0 Å². The number of amides is 1. The molecule has 17 heavy (non-hydrogen) atoms. The fourth-order valence-electron chi connectivity index (χ4n) is 1.86. The van der Waals surface area contributed by atoms with E-state index < -0.39 is 0 Å².